The van der Waals surface area contributed by atoms with Crippen LogP contribution in [0.1, 0.15) is 37.5 Å². The molecule has 2 aliphatic rings. The van der Waals surface area contributed by atoms with E-state index in [9.17, 15) is 14.4 Å². The molecule has 0 saturated carbocycles. The molecule has 0 amide bonds. The summed E-state index contributed by atoms with van der Waals surface area (Å²) < 4.78 is 55.1. The van der Waals surface area contributed by atoms with E-state index >= 15 is 0 Å². The van der Waals surface area contributed by atoms with Gasteiger partial charge in [-0.15, -0.1) is 0 Å². The van der Waals surface area contributed by atoms with E-state index in [0.29, 0.717) is 0 Å². The maximum atomic E-state index is 12.5. The molecule has 1 fully saturated rings. The van der Waals surface area contributed by atoms with Crippen molar-refractivity contribution in [2.75, 3.05) is 19.5 Å². The van der Waals surface area contributed by atoms with Gasteiger partial charge in [0.1, 0.15) is 37.1 Å². The number of carbonyl (C=O) groups excluding carboxylic acids is 3. The van der Waals surface area contributed by atoms with Crippen LogP contribution in [0.2, 0.25) is 0 Å². The summed E-state index contributed by atoms with van der Waals surface area (Å²) in [6.45, 7) is 4.28. The summed E-state index contributed by atoms with van der Waals surface area (Å²) >= 11 is 1.11. The fourth-order valence-corrected chi connectivity index (χ4v) is 7.13. The number of thioether (sulfide) groups is 1. The molecule has 284 valence electrons. The van der Waals surface area contributed by atoms with Crippen LogP contribution < -0.4 is 0 Å². The Balaban J connectivity index is 1.46. The van der Waals surface area contributed by atoms with Crippen LogP contribution >= 0.6 is 11.8 Å². The first kappa shape index (κ1) is 40.1. The van der Waals surface area contributed by atoms with Crippen molar-refractivity contribution in [1.82, 2.24) is 0 Å². The quantitative estimate of drug-likeness (QED) is 0.0744. The Morgan fingerprint density at radius 3 is 1.70 bits per heavy atom. The van der Waals surface area contributed by atoms with Gasteiger partial charge in [-0.2, -0.15) is 0 Å². The van der Waals surface area contributed by atoms with Crippen LogP contribution in [0.15, 0.2) is 103 Å². The molecule has 53 heavy (non-hydrogen) atoms. The number of carbonyl (C=O) groups is 3. The monoisotopic (exact) mass is 750 g/mol. The van der Waals surface area contributed by atoms with Gasteiger partial charge in [0.2, 0.25) is 0 Å². The zero-order valence-electron chi connectivity index (χ0n) is 30.2. The van der Waals surface area contributed by atoms with Gasteiger partial charge >= 0.3 is 17.9 Å². The lowest BCUT2D eigenvalue weighted by atomic mass is 9.98. The highest BCUT2D eigenvalue weighted by atomic mass is 32.2. The maximum absolute atomic E-state index is 12.5. The lowest BCUT2D eigenvalue weighted by molar-refractivity contribution is -0.313. The molecule has 0 N–H and O–H groups in total. The van der Waals surface area contributed by atoms with Crippen LogP contribution in [0.4, 0.5) is 0 Å². The van der Waals surface area contributed by atoms with Gasteiger partial charge in [-0.1, -0.05) is 103 Å². The average molecular weight is 751 g/mol. The highest BCUT2D eigenvalue weighted by Gasteiger charge is 2.51. The molecule has 2 heterocycles. The number of hydrogen-bond donors (Lipinski definition) is 0. The van der Waals surface area contributed by atoms with Crippen molar-refractivity contribution >= 4 is 29.7 Å². The summed E-state index contributed by atoms with van der Waals surface area (Å²) in [6, 6.07) is 29.3. The van der Waals surface area contributed by atoms with Crippen LogP contribution in [-0.4, -0.2) is 85.4 Å². The van der Waals surface area contributed by atoms with Gasteiger partial charge in [0.05, 0.1) is 25.9 Å². The Bertz CT molecular complexity index is 1620. The molecule has 0 spiro atoms. The Labute approximate surface area is 314 Å². The van der Waals surface area contributed by atoms with Gasteiger partial charge in [-0.3, -0.25) is 14.4 Å². The Morgan fingerprint density at radius 2 is 1.21 bits per heavy atom. The summed E-state index contributed by atoms with van der Waals surface area (Å²) in [5.41, 5.74) is 2.86. The van der Waals surface area contributed by atoms with Crippen LogP contribution in [0.5, 0.6) is 0 Å². The summed E-state index contributed by atoms with van der Waals surface area (Å²) in [7, 11) is 1.54. The van der Waals surface area contributed by atoms with E-state index in [1.807, 2.05) is 91.0 Å². The summed E-state index contributed by atoms with van der Waals surface area (Å²) in [4.78, 5) is 36.1. The third-order valence-corrected chi connectivity index (χ3v) is 9.55. The fraction of sp³-hybridized carbons (Fsp3) is 0.425. The largest absolute Gasteiger partial charge is 0.463 e. The molecule has 0 radical (unpaired) electrons. The topological polar surface area (TPSA) is 134 Å². The van der Waals surface area contributed by atoms with E-state index < -0.39 is 65.9 Å². The van der Waals surface area contributed by atoms with Crippen molar-refractivity contribution < 1.29 is 57.0 Å². The van der Waals surface area contributed by atoms with Crippen molar-refractivity contribution in [3.8, 4) is 0 Å². The third kappa shape index (κ3) is 12.0. The van der Waals surface area contributed by atoms with Gasteiger partial charge in [0.25, 0.3) is 5.12 Å². The lowest BCUT2D eigenvalue weighted by Crippen LogP contribution is -2.61. The van der Waals surface area contributed by atoms with E-state index in [4.69, 9.17) is 42.6 Å². The van der Waals surface area contributed by atoms with Crippen molar-refractivity contribution in [1.29, 1.82) is 0 Å². The number of methoxy groups -OCH3 is 1. The van der Waals surface area contributed by atoms with E-state index in [1.165, 1.54) is 34.0 Å². The highest BCUT2D eigenvalue weighted by molar-refractivity contribution is 8.00. The van der Waals surface area contributed by atoms with Crippen LogP contribution in [-0.2, 0) is 76.8 Å². The van der Waals surface area contributed by atoms with Gasteiger partial charge in [0, 0.05) is 33.6 Å². The molecule has 8 atom stereocenters. The van der Waals surface area contributed by atoms with E-state index in [2.05, 4.69) is 0 Å². The Morgan fingerprint density at radius 1 is 0.679 bits per heavy atom. The molecule has 5 rings (SSSR count). The zero-order chi connectivity index (χ0) is 37.6. The lowest BCUT2D eigenvalue weighted by Gasteiger charge is -2.46. The molecule has 2 aliphatic heterocycles. The van der Waals surface area contributed by atoms with Crippen LogP contribution in [0.25, 0.3) is 0 Å². The summed E-state index contributed by atoms with van der Waals surface area (Å²) in [5.74, 6) is -1.60. The minimum Gasteiger partial charge on any atom is -0.463 e. The SMILES string of the molecule is CO[C@H]1O[C@H](CS[C@]2(OC(C)=O)C=C[C@H](OC(C)=O)[C@@H](COC(C)=O)O2)[C@@H](OCc2ccccc2)[C@H](OCc2ccccc2)[C@H]1OCc1ccccc1. The van der Waals surface area contributed by atoms with Gasteiger partial charge in [-0.05, 0) is 28.8 Å². The number of hydrogen-bond acceptors (Lipinski definition) is 13. The first-order valence-corrected chi connectivity index (χ1v) is 18.3. The zero-order valence-corrected chi connectivity index (χ0v) is 31.0. The minimum absolute atomic E-state index is 0.145. The van der Waals surface area contributed by atoms with Crippen molar-refractivity contribution in [3.05, 3.63) is 120 Å². The van der Waals surface area contributed by atoms with E-state index in [0.717, 1.165) is 28.5 Å². The maximum Gasteiger partial charge on any atom is 0.306 e. The molecule has 1 saturated heterocycles. The number of rotatable bonds is 17. The van der Waals surface area contributed by atoms with Gasteiger partial charge in [0.15, 0.2) is 6.29 Å². The number of ether oxygens (including phenoxy) is 9. The molecule has 13 heteroatoms. The fourth-order valence-electron chi connectivity index (χ4n) is 5.93. The third-order valence-electron chi connectivity index (χ3n) is 8.34. The Hall–Kier alpha value is -4.08. The molecule has 12 nitrogen and oxygen atoms in total. The molecule has 3 aromatic carbocycles. The van der Waals surface area contributed by atoms with Gasteiger partial charge < -0.3 is 42.6 Å². The number of esters is 3. The summed E-state index contributed by atoms with van der Waals surface area (Å²) in [5, 5.41) is -1.70. The molecule has 0 aliphatic carbocycles. The molecule has 0 bridgehead atoms. The average Bonchev–Trinajstić information content (AvgIpc) is 3.15. The van der Waals surface area contributed by atoms with Crippen LogP contribution in [0.3, 0.4) is 0 Å². The number of benzene rings is 3. The van der Waals surface area contributed by atoms with Crippen molar-refractivity contribution in [3.63, 3.8) is 0 Å². The van der Waals surface area contributed by atoms with Gasteiger partial charge in [-0.25, -0.2) is 0 Å². The second-order valence-corrected chi connectivity index (χ2v) is 13.7. The molecule has 3 aromatic rings. The predicted octanol–water partition coefficient (Wildman–Crippen LogP) is 5.51. The molecular weight excluding hydrogens is 704 g/mol. The minimum atomic E-state index is -1.70. The van der Waals surface area contributed by atoms with Crippen molar-refractivity contribution in [2.24, 2.45) is 0 Å². The predicted molar refractivity (Wildman–Crippen MR) is 194 cm³/mol. The second-order valence-electron chi connectivity index (χ2n) is 12.5. The van der Waals surface area contributed by atoms with E-state index in [1.54, 1.807) is 6.08 Å². The molecule has 0 aromatic heterocycles. The standard InChI is InChI=1S/C40H46O12S/c1-27(41)45-25-34-33(49-28(2)42)20-21-40(52-34,51-29(3)43)53-26-35-36(46-22-30-14-8-5-9-15-30)37(47-23-31-16-10-6-11-17-31)38(39(44-4)50-35)48-24-32-18-12-7-13-19-32/h5-21,33-39H,22-26H2,1-4H3/t33-,34+,35+,36+,37-,38+,39-,40-/m0/s1. The normalized spacial score (nSPS) is 26.8. The molecular formula is C40H46O12S. The van der Waals surface area contributed by atoms with Crippen molar-refractivity contribution in [2.45, 2.75) is 88.6 Å². The highest BCUT2D eigenvalue weighted by Crippen LogP contribution is 2.40. The second kappa shape index (κ2) is 19.8. The Kier molecular flexibility index (Phi) is 15.0. The first-order chi connectivity index (χ1) is 25.6. The molecule has 0 unspecified atom stereocenters. The van der Waals surface area contributed by atoms with Crippen LogP contribution in [0, 0.1) is 0 Å². The summed E-state index contributed by atoms with van der Waals surface area (Å²) in [6.07, 6.45) is -2.54. The first-order valence-electron chi connectivity index (χ1n) is 17.3. The smallest absolute Gasteiger partial charge is 0.306 e. The van der Waals surface area contributed by atoms with E-state index in [-0.39, 0.29) is 32.2 Å².